The van der Waals surface area contributed by atoms with Gasteiger partial charge in [-0.3, -0.25) is 14.5 Å². The Morgan fingerprint density at radius 2 is 2.00 bits per heavy atom. The molecule has 3 heterocycles. The summed E-state index contributed by atoms with van der Waals surface area (Å²) in [6.07, 6.45) is 1.34. The van der Waals surface area contributed by atoms with E-state index in [4.69, 9.17) is 4.74 Å². The van der Waals surface area contributed by atoms with Gasteiger partial charge in [0.25, 0.3) is 11.5 Å². The fraction of sp³-hybridized carbons (Fsp3) is 0.500. The van der Waals surface area contributed by atoms with E-state index in [2.05, 4.69) is 39.8 Å². The summed E-state index contributed by atoms with van der Waals surface area (Å²) in [4.78, 5) is 32.5. The maximum atomic E-state index is 13.1. The molecule has 1 aromatic carbocycles. The number of morpholine rings is 1. The third-order valence-electron chi connectivity index (χ3n) is 6.10. The molecule has 1 aromatic heterocycles. The quantitative estimate of drug-likeness (QED) is 0.654. The van der Waals surface area contributed by atoms with Crippen LogP contribution in [0.25, 0.3) is 0 Å². The monoisotopic (exact) mass is 426 g/mol. The number of anilines is 1. The number of aromatic nitrogens is 2. The van der Waals surface area contributed by atoms with E-state index in [0.29, 0.717) is 25.7 Å². The summed E-state index contributed by atoms with van der Waals surface area (Å²) in [6.45, 7) is 10.3. The third kappa shape index (κ3) is 4.57. The molecule has 2 aliphatic heterocycles. The van der Waals surface area contributed by atoms with Crippen molar-refractivity contribution in [3.05, 3.63) is 57.5 Å². The summed E-state index contributed by atoms with van der Waals surface area (Å²) in [6, 6.07) is 7.92. The number of aryl methyl sites for hydroxylation is 1. The molecule has 0 bridgehead atoms. The number of fused-ring (bicyclic) bond motifs is 1. The molecular formula is C22H30N6O3. The van der Waals surface area contributed by atoms with Gasteiger partial charge in [0.1, 0.15) is 5.56 Å². The lowest BCUT2D eigenvalue weighted by atomic mass is 9.92. The van der Waals surface area contributed by atoms with Crippen molar-refractivity contribution in [1.82, 2.24) is 19.9 Å². The van der Waals surface area contributed by atoms with Gasteiger partial charge in [0.2, 0.25) is 5.95 Å². The lowest BCUT2D eigenvalue weighted by molar-refractivity contribution is 0.0279. The first-order valence-corrected chi connectivity index (χ1v) is 10.7. The lowest BCUT2D eigenvalue weighted by Gasteiger charge is -2.45. The predicted molar refractivity (Wildman–Crippen MR) is 119 cm³/mol. The highest BCUT2D eigenvalue weighted by molar-refractivity contribution is 5.93. The first-order valence-electron chi connectivity index (χ1n) is 10.7. The van der Waals surface area contributed by atoms with Crippen LogP contribution < -0.4 is 21.6 Å². The summed E-state index contributed by atoms with van der Waals surface area (Å²) in [7, 11) is 0. The van der Waals surface area contributed by atoms with Crippen LogP contribution in [0.3, 0.4) is 0 Å². The summed E-state index contributed by atoms with van der Waals surface area (Å²) in [5, 5.41) is 6.12. The van der Waals surface area contributed by atoms with Crippen LogP contribution in [-0.2, 0) is 11.3 Å². The zero-order chi connectivity index (χ0) is 22.0. The van der Waals surface area contributed by atoms with Crippen molar-refractivity contribution >= 4 is 11.9 Å². The molecule has 4 rings (SSSR count). The highest BCUT2D eigenvalue weighted by Crippen LogP contribution is 2.23. The number of nitrogens with zero attached hydrogens (tertiary/aromatic N) is 3. The maximum absolute atomic E-state index is 13.1. The SMILES string of the molecule is Cc1ccc(CNC(=O)c2cnc3n(c2=O)NC(C)(CN2CCOCC2)C(C)N3)cc1. The van der Waals surface area contributed by atoms with Gasteiger partial charge in [0.05, 0.1) is 24.8 Å². The Hall–Kier alpha value is -2.91. The summed E-state index contributed by atoms with van der Waals surface area (Å²) < 4.78 is 6.80. The number of hydrogen-bond donors (Lipinski definition) is 3. The van der Waals surface area contributed by atoms with E-state index in [1.807, 2.05) is 31.2 Å². The second kappa shape index (κ2) is 8.68. The normalized spacial score (nSPS) is 23.4. The lowest BCUT2D eigenvalue weighted by Crippen LogP contribution is -2.64. The molecule has 31 heavy (non-hydrogen) atoms. The highest BCUT2D eigenvalue weighted by atomic mass is 16.5. The minimum Gasteiger partial charge on any atom is -0.379 e. The van der Waals surface area contributed by atoms with Crippen LogP contribution in [-0.4, -0.2) is 64.9 Å². The Balaban J connectivity index is 1.51. The molecule has 9 nitrogen and oxygen atoms in total. The molecule has 166 valence electrons. The van der Waals surface area contributed by atoms with Gasteiger partial charge >= 0.3 is 0 Å². The first-order chi connectivity index (χ1) is 14.9. The summed E-state index contributed by atoms with van der Waals surface area (Å²) >= 11 is 0. The van der Waals surface area contributed by atoms with Crippen molar-refractivity contribution in [1.29, 1.82) is 0 Å². The second-order valence-electron chi connectivity index (χ2n) is 8.59. The number of benzene rings is 1. The van der Waals surface area contributed by atoms with Crippen molar-refractivity contribution in [2.24, 2.45) is 0 Å². The first kappa shape index (κ1) is 21.3. The van der Waals surface area contributed by atoms with Gasteiger partial charge in [0, 0.05) is 32.4 Å². The van der Waals surface area contributed by atoms with Crippen LogP contribution in [0.15, 0.2) is 35.3 Å². The van der Waals surface area contributed by atoms with Crippen LogP contribution in [0.1, 0.15) is 35.3 Å². The number of amides is 1. The molecule has 0 spiro atoms. The zero-order valence-corrected chi connectivity index (χ0v) is 18.3. The van der Waals surface area contributed by atoms with E-state index in [0.717, 1.165) is 30.8 Å². The average Bonchev–Trinajstić information content (AvgIpc) is 2.76. The van der Waals surface area contributed by atoms with Gasteiger partial charge in [-0.25, -0.2) is 4.98 Å². The predicted octanol–water partition coefficient (Wildman–Crippen LogP) is 0.930. The number of nitrogens with one attached hydrogen (secondary N) is 3. The van der Waals surface area contributed by atoms with Crippen LogP contribution in [0, 0.1) is 6.92 Å². The van der Waals surface area contributed by atoms with Crippen molar-refractivity contribution < 1.29 is 9.53 Å². The summed E-state index contributed by atoms with van der Waals surface area (Å²) in [5.74, 6) is -0.0317. The number of ether oxygens (including phenoxy) is 1. The van der Waals surface area contributed by atoms with Crippen molar-refractivity contribution in [3.8, 4) is 0 Å². The van der Waals surface area contributed by atoms with E-state index >= 15 is 0 Å². The average molecular weight is 427 g/mol. The van der Waals surface area contributed by atoms with E-state index in [1.54, 1.807) is 0 Å². The van der Waals surface area contributed by atoms with Gasteiger partial charge in [-0.15, -0.1) is 0 Å². The molecule has 0 saturated carbocycles. The second-order valence-corrected chi connectivity index (χ2v) is 8.59. The minimum absolute atomic E-state index is 0.00781. The topological polar surface area (TPSA) is 101 Å². The molecule has 0 radical (unpaired) electrons. The van der Waals surface area contributed by atoms with Gasteiger partial charge in [0.15, 0.2) is 0 Å². The van der Waals surface area contributed by atoms with Crippen LogP contribution in [0.5, 0.6) is 0 Å². The molecule has 1 amide bonds. The molecule has 3 N–H and O–H groups in total. The molecule has 2 unspecified atom stereocenters. The molecule has 9 heteroatoms. The van der Waals surface area contributed by atoms with Crippen LogP contribution in [0.2, 0.25) is 0 Å². The Bertz CT molecular complexity index is 999. The molecule has 2 aromatic rings. The Morgan fingerprint density at radius 1 is 1.29 bits per heavy atom. The van der Waals surface area contributed by atoms with E-state index in [9.17, 15) is 9.59 Å². The number of carbonyl (C=O) groups is 1. The van der Waals surface area contributed by atoms with Crippen molar-refractivity contribution in [2.45, 2.75) is 38.9 Å². The molecule has 1 saturated heterocycles. The van der Waals surface area contributed by atoms with E-state index < -0.39 is 17.0 Å². The van der Waals surface area contributed by atoms with Gasteiger partial charge in [-0.05, 0) is 26.3 Å². The van der Waals surface area contributed by atoms with E-state index in [1.165, 1.54) is 10.9 Å². The Labute approximate surface area is 181 Å². The number of hydrogen-bond acceptors (Lipinski definition) is 7. The standard InChI is InChI=1S/C22H30N6O3/c1-15-4-6-17(7-5-15)12-23-19(29)18-13-24-21-25-16(2)22(3,26-28(21)20(18)30)14-27-8-10-31-11-9-27/h4-7,13,16,26H,8-12,14H2,1-3H3,(H,23,29)(H,24,25). The highest BCUT2D eigenvalue weighted by Gasteiger charge is 2.39. The van der Waals surface area contributed by atoms with Crippen LogP contribution >= 0.6 is 0 Å². The molecule has 1 fully saturated rings. The minimum atomic E-state index is -0.441. The Morgan fingerprint density at radius 3 is 2.71 bits per heavy atom. The van der Waals surface area contributed by atoms with Gasteiger partial charge in [-0.1, -0.05) is 29.8 Å². The maximum Gasteiger partial charge on any atom is 0.286 e. The van der Waals surface area contributed by atoms with Gasteiger partial charge < -0.3 is 20.8 Å². The van der Waals surface area contributed by atoms with Crippen molar-refractivity contribution in [2.75, 3.05) is 43.6 Å². The molecular weight excluding hydrogens is 396 g/mol. The fourth-order valence-corrected chi connectivity index (χ4v) is 3.90. The third-order valence-corrected chi connectivity index (χ3v) is 6.10. The number of carbonyl (C=O) groups excluding carboxylic acids is 1. The fourth-order valence-electron chi connectivity index (χ4n) is 3.90. The molecule has 2 aliphatic rings. The smallest absolute Gasteiger partial charge is 0.286 e. The van der Waals surface area contributed by atoms with Crippen LogP contribution in [0.4, 0.5) is 5.95 Å². The molecule has 0 aliphatic carbocycles. The van der Waals surface area contributed by atoms with Gasteiger partial charge in [-0.2, -0.15) is 4.68 Å². The summed E-state index contributed by atoms with van der Waals surface area (Å²) in [5.41, 5.74) is 4.62. The molecule has 2 atom stereocenters. The largest absolute Gasteiger partial charge is 0.379 e. The van der Waals surface area contributed by atoms with E-state index in [-0.39, 0.29) is 11.6 Å². The number of rotatable bonds is 5. The van der Waals surface area contributed by atoms with Crippen molar-refractivity contribution in [3.63, 3.8) is 0 Å². The Kier molecular flexibility index (Phi) is 5.97. The zero-order valence-electron chi connectivity index (χ0n) is 18.3.